The maximum atomic E-state index is 13.5. The minimum atomic E-state index is -0.636. The molecule has 3 rings (SSSR count). The monoisotopic (exact) mass is 442 g/mol. The van der Waals surface area contributed by atoms with Crippen LogP contribution in [0, 0.1) is 0 Å². The fourth-order valence-corrected chi connectivity index (χ4v) is 4.09. The van der Waals surface area contributed by atoms with Crippen molar-refractivity contribution in [3.63, 3.8) is 0 Å². The Morgan fingerprint density at radius 2 is 1.66 bits per heavy atom. The molecule has 0 aromatic heterocycles. The SMILES string of the molecule is COCCCNC(=O)C1c2cc(OC)c(OC)cc2C(=O)N(C)C1c1ccc(OC)cc1. The van der Waals surface area contributed by atoms with Crippen molar-refractivity contribution in [3.05, 3.63) is 53.1 Å². The number of ether oxygens (including phenoxy) is 4. The van der Waals surface area contributed by atoms with Crippen LogP contribution in [0.25, 0.3) is 0 Å². The third-order valence-electron chi connectivity index (χ3n) is 5.74. The average molecular weight is 443 g/mol. The molecular formula is C24H30N2O6. The Hall–Kier alpha value is -3.26. The van der Waals surface area contributed by atoms with Crippen molar-refractivity contribution in [2.24, 2.45) is 0 Å². The van der Waals surface area contributed by atoms with E-state index in [1.54, 1.807) is 38.3 Å². The predicted octanol–water partition coefficient (Wildman–Crippen LogP) is 2.78. The zero-order valence-electron chi connectivity index (χ0n) is 19.1. The maximum Gasteiger partial charge on any atom is 0.254 e. The molecule has 0 saturated carbocycles. The minimum absolute atomic E-state index is 0.172. The number of amides is 2. The van der Waals surface area contributed by atoms with Crippen LogP contribution >= 0.6 is 0 Å². The molecule has 1 heterocycles. The summed E-state index contributed by atoms with van der Waals surface area (Å²) in [6.07, 6.45) is 0.690. The molecule has 2 unspecified atom stereocenters. The van der Waals surface area contributed by atoms with Crippen LogP contribution in [-0.2, 0) is 9.53 Å². The number of carbonyl (C=O) groups is 2. The molecule has 1 aliphatic heterocycles. The fraction of sp³-hybridized carbons (Fsp3) is 0.417. The zero-order chi connectivity index (χ0) is 23.3. The van der Waals surface area contributed by atoms with E-state index in [0.717, 1.165) is 5.56 Å². The van der Waals surface area contributed by atoms with E-state index in [0.29, 0.717) is 47.9 Å². The van der Waals surface area contributed by atoms with Crippen molar-refractivity contribution in [1.82, 2.24) is 10.2 Å². The van der Waals surface area contributed by atoms with Crippen LogP contribution in [0.3, 0.4) is 0 Å². The number of fused-ring (bicyclic) bond motifs is 1. The second kappa shape index (κ2) is 10.4. The number of hydrogen-bond acceptors (Lipinski definition) is 6. The summed E-state index contributed by atoms with van der Waals surface area (Å²) >= 11 is 0. The standard InChI is InChI=1S/C24H30N2O6/c1-26-22(15-7-9-16(30-3)10-8-15)21(23(27)25-11-6-12-29-2)17-13-19(31-4)20(32-5)14-18(17)24(26)28/h7-10,13-14,21-22H,6,11-12H2,1-5H3,(H,25,27). The van der Waals surface area contributed by atoms with Crippen molar-refractivity contribution in [1.29, 1.82) is 0 Å². The summed E-state index contributed by atoms with van der Waals surface area (Å²) in [4.78, 5) is 28.4. The third-order valence-corrected chi connectivity index (χ3v) is 5.74. The normalized spacial score (nSPS) is 17.5. The van der Waals surface area contributed by atoms with Gasteiger partial charge in [-0.2, -0.15) is 0 Å². The molecule has 1 aliphatic rings. The lowest BCUT2D eigenvalue weighted by Crippen LogP contribution is -2.45. The van der Waals surface area contributed by atoms with Crippen LogP contribution in [0.1, 0.15) is 39.9 Å². The molecule has 8 nitrogen and oxygen atoms in total. The Balaban J connectivity index is 2.10. The summed E-state index contributed by atoms with van der Waals surface area (Å²) in [5.41, 5.74) is 1.86. The van der Waals surface area contributed by atoms with Gasteiger partial charge in [0, 0.05) is 32.9 Å². The minimum Gasteiger partial charge on any atom is -0.497 e. The van der Waals surface area contributed by atoms with Crippen LogP contribution in [0.4, 0.5) is 0 Å². The van der Waals surface area contributed by atoms with E-state index in [9.17, 15) is 9.59 Å². The van der Waals surface area contributed by atoms with E-state index >= 15 is 0 Å². The number of rotatable bonds is 9. The van der Waals surface area contributed by atoms with E-state index in [2.05, 4.69) is 5.32 Å². The molecule has 0 aliphatic carbocycles. The van der Waals surface area contributed by atoms with Gasteiger partial charge in [-0.05, 0) is 41.8 Å². The number of likely N-dealkylation sites (N-methyl/N-ethyl adjacent to an activating group) is 1. The molecule has 1 N–H and O–H groups in total. The first kappa shape index (κ1) is 23.4. The first-order valence-corrected chi connectivity index (χ1v) is 10.4. The molecule has 0 saturated heterocycles. The van der Waals surface area contributed by atoms with Gasteiger partial charge in [-0.3, -0.25) is 9.59 Å². The van der Waals surface area contributed by atoms with E-state index in [-0.39, 0.29) is 11.8 Å². The number of carbonyl (C=O) groups excluding carboxylic acids is 2. The Labute approximate surface area is 188 Å². The van der Waals surface area contributed by atoms with Crippen LogP contribution in [0.5, 0.6) is 17.2 Å². The van der Waals surface area contributed by atoms with Gasteiger partial charge >= 0.3 is 0 Å². The van der Waals surface area contributed by atoms with Gasteiger partial charge in [-0.1, -0.05) is 12.1 Å². The average Bonchev–Trinajstić information content (AvgIpc) is 2.83. The van der Waals surface area contributed by atoms with E-state index < -0.39 is 12.0 Å². The number of methoxy groups -OCH3 is 4. The van der Waals surface area contributed by atoms with Gasteiger partial charge in [0.05, 0.1) is 33.3 Å². The third kappa shape index (κ3) is 4.50. The van der Waals surface area contributed by atoms with E-state index in [4.69, 9.17) is 18.9 Å². The number of benzene rings is 2. The Bertz CT molecular complexity index is 960. The van der Waals surface area contributed by atoms with Crippen LogP contribution < -0.4 is 19.5 Å². The lowest BCUT2D eigenvalue weighted by Gasteiger charge is -2.40. The highest BCUT2D eigenvalue weighted by Gasteiger charge is 2.43. The molecule has 2 aromatic carbocycles. The van der Waals surface area contributed by atoms with Gasteiger partial charge in [-0.15, -0.1) is 0 Å². The second-order valence-electron chi connectivity index (χ2n) is 7.54. The van der Waals surface area contributed by atoms with Gasteiger partial charge in [0.1, 0.15) is 5.75 Å². The second-order valence-corrected chi connectivity index (χ2v) is 7.54. The van der Waals surface area contributed by atoms with Crippen molar-refractivity contribution < 1.29 is 28.5 Å². The predicted molar refractivity (Wildman–Crippen MR) is 120 cm³/mol. The molecule has 0 bridgehead atoms. The molecule has 0 fully saturated rings. The van der Waals surface area contributed by atoms with E-state index in [1.807, 2.05) is 24.3 Å². The van der Waals surface area contributed by atoms with Crippen LogP contribution in [0.15, 0.2) is 36.4 Å². The molecule has 172 valence electrons. The Morgan fingerprint density at radius 3 is 2.25 bits per heavy atom. The highest BCUT2D eigenvalue weighted by atomic mass is 16.5. The molecular weight excluding hydrogens is 412 g/mol. The molecule has 0 spiro atoms. The lowest BCUT2D eigenvalue weighted by atomic mass is 9.79. The first-order valence-electron chi connectivity index (χ1n) is 10.4. The highest BCUT2D eigenvalue weighted by molar-refractivity contribution is 6.02. The van der Waals surface area contributed by atoms with Crippen molar-refractivity contribution in [2.45, 2.75) is 18.4 Å². The summed E-state index contributed by atoms with van der Waals surface area (Å²) in [5, 5.41) is 3.00. The van der Waals surface area contributed by atoms with Crippen molar-refractivity contribution in [2.75, 3.05) is 48.6 Å². The van der Waals surface area contributed by atoms with Crippen LogP contribution in [-0.4, -0.2) is 65.4 Å². The topological polar surface area (TPSA) is 86.3 Å². The van der Waals surface area contributed by atoms with Crippen molar-refractivity contribution >= 4 is 11.8 Å². The van der Waals surface area contributed by atoms with Crippen LogP contribution in [0.2, 0.25) is 0 Å². The highest BCUT2D eigenvalue weighted by Crippen LogP contribution is 2.45. The van der Waals surface area contributed by atoms with Crippen molar-refractivity contribution in [3.8, 4) is 17.2 Å². The van der Waals surface area contributed by atoms with E-state index in [1.165, 1.54) is 14.2 Å². The summed E-state index contributed by atoms with van der Waals surface area (Å²) in [7, 11) is 7.97. The first-order chi connectivity index (χ1) is 15.5. The van der Waals surface area contributed by atoms with Gasteiger partial charge < -0.3 is 29.2 Å². The quantitative estimate of drug-likeness (QED) is 0.601. The Kier molecular flexibility index (Phi) is 7.58. The molecule has 2 aromatic rings. The summed E-state index contributed by atoms with van der Waals surface area (Å²) in [5.74, 6) is 0.610. The van der Waals surface area contributed by atoms with Gasteiger partial charge in [0.2, 0.25) is 5.91 Å². The largest absolute Gasteiger partial charge is 0.497 e. The summed E-state index contributed by atoms with van der Waals surface area (Å²) in [6.45, 7) is 1.02. The van der Waals surface area contributed by atoms with Gasteiger partial charge in [-0.25, -0.2) is 0 Å². The molecule has 8 heteroatoms. The summed E-state index contributed by atoms with van der Waals surface area (Å²) in [6, 6.07) is 10.3. The summed E-state index contributed by atoms with van der Waals surface area (Å²) < 4.78 is 21.2. The zero-order valence-corrected chi connectivity index (χ0v) is 19.1. The number of nitrogens with zero attached hydrogens (tertiary/aromatic N) is 1. The van der Waals surface area contributed by atoms with Gasteiger partial charge in [0.15, 0.2) is 11.5 Å². The van der Waals surface area contributed by atoms with Gasteiger partial charge in [0.25, 0.3) is 5.91 Å². The lowest BCUT2D eigenvalue weighted by molar-refractivity contribution is -0.124. The molecule has 2 atom stereocenters. The fourth-order valence-electron chi connectivity index (χ4n) is 4.09. The molecule has 2 amide bonds. The maximum absolute atomic E-state index is 13.5. The smallest absolute Gasteiger partial charge is 0.254 e. The number of hydrogen-bond donors (Lipinski definition) is 1. The molecule has 32 heavy (non-hydrogen) atoms. The number of nitrogens with one attached hydrogen (secondary N) is 1. The molecule has 0 radical (unpaired) electrons. The Morgan fingerprint density at radius 1 is 1.00 bits per heavy atom.